The number of hydrogen-bond acceptors (Lipinski definition) is 3. The van der Waals surface area contributed by atoms with Crippen LogP contribution in [0.2, 0.25) is 0 Å². The van der Waals surface area contributed by atoms with Gasteiger partial charge < -0.3 is 20.3 Å². The highest BCUT2D eigenvalue weighted by Crippen LogP contribution is 2.33. The van der Waals surface area contributed by atoms with Crippen LogP contribution in [0.1, 0.15) is 46.1 Å². The van der Waals surface area contributed by atoms with Crippen LogP contribution in [-0.2, 0) is 16.1 Å². The number of aliphatic imine (C=N–C) groups is 1. The van der Waals surface area contributed by atoms with E-state index in [1.165, 1.54) is 0 Å². The lowest BCUT2D eigenvalue weighted by Gasteiger charge is -2.40. The summed E-state index contributed by atoms with van der Waals surface area (Å²) >= 11 is 0. The monoisotopic (exact) mass is 402 g/mol. The Morgan fingerprint density at radius 1 is 1.24 bits per heavy atom. The smallest absolute Gasteiger partial charge is 0.242 e. The van der Waals surface area contributed by atoms with Crippen molar-refractivity contribution in [3.8, 4) is 0 Å². The highest BCUT2D eigenvalue weighted by Gasteiger charge is 2.35. The van der Waals surface area contributed by atoms with Crippen LogP contribution < -0.4 is 10.6 Å². The molecule has 0 bridgehead atoms. The normalized spacial score (nSPS) is 20.2. The molecule has 1 saturated heterocycles. The molecule has 1 fully saturated rings. The van der Waals surface area contributed by atoms with E-state index in [0.717, 1.165) is 31.6 Å². The number of amides is 1. The number of nitrogens with one attached hydrogen (secondary N) is 2. The highest BCUT2D eigenvalue weighted by atomic mass is 16.5. The third-order valence-corrected chi connectivity index (χ3v) is 5.41. The average molecular weight is 403 g/mol. The zero-order valence-corrected chi connectivity index (χ0v) is 18.7. The van der Waals surface area contributed by atoms with Crippen molar-refractivity contribution in [1.82, 2.24) is 15.5 Å². The van der Waals surface area contributed by atoms with Crippen molar-refractivity contribution in [1.29, 1.82) is 0 Å². The molecule has 0 spiro atoms. The molecular formula is C23H38N4O2. The molecule has 1 heterocycles. The predicted molar refractivity (Wildman–Crippen MR) is 119 cm³/mol. The van der Waals surface area contributed by atoms with Crippen molar-refractivity contribution >= 4 is 11.9 Å². The van der Waals surface area contributed by atoms with Crippen LogP contribution in [0.4, 0.5) is 0 Å². The molecular weight excluding hydrogens is 364 g/mol. The Labute approximate surface area is 176 Å². The van der Waals surface area contributed by atoms with Gasteiger partial charge >= 0.3 is 0 Å². The average Bonchev–Trinajstić information content (AvgIpc) is 2.72. The lowest BCUT2D eigenvalue weighted by Crippen LogP contribution is -2.49. The number of benzene rings is 1. The molecule has 2 atom stereocenters. The highest BCUT2D eigenvalue weighted by molar-refractivity contribution is 5.86. The maximum absolute atomic E-state index is 12.6. The zero-order chi connectivity index (χ0) is 21.3. The fourth-order valence-electron chi connectivity index (χ4n) is 3.91. The molecule has 1 amide bonds. The molecule has 6 nitrogen and oxygen atoms in total. The molecule has 1 aromatic rings. The number of rotatable bonds is 7. The summed E-state index contributed by atoms with van der Waals surface area (Å²) in [7, 11) is 1.74. The molecule has 6 heteroatoms. The van der Waals surface area contributed by atoms with Gasteiger partial charge in [0.15, 0.2) is 5.96 Å². The molecule has 0 aliphatic carbocycles. The van der Waals surface area contributed by atoms with E-state index in [1.807, 2.05) is 42.2 Å². The van der Waals surface area contributed by atoms with Gasteiger partial charge in [-0.3, -0.25) is 9.79 Å². The molecule has 2 rings (SSSR count). The minimum atomic E-state index is 0.0628. The second-order valence-electron chi connectivity index (χ2n) is 8.76. The largest absolute Gasteiger partial charge is 0.377 e. The lowest BCUT2D eigenvalue weighted by molar-refractivity contribution is -0.130. The van der Waals surface area contributed by atoms with E-state index in [4.69, 9.17) is 4.74 Å². The first-order valence-corrected chi connectivity index (χ1v) is 10.7. The topological polar surface area (TPSA) is 66.0 Å². The number of hydrogen-bond donors (Lipinski definition) is 2. The number of ether oxygens (including phenoxy) is 1. The third kappa shape index (κ3) is 7.35. The van der Waals surface area contributed by atoms with Gasteiger partial charge in [0, 0.05) is 39.2 Å². The van der Waals surface area contributed by atoms with E-state index >= 15 is 0 Å². The first kappa shape index (κ1) is 23.2. The second kappa shape index (κ2) is 11.2. The first-order chi connectivity index (χ1) is 13.8. The summed E-state index contributed by atoms with van der Waals surface area (Å²) < 4.78 is 6.06. The van der Waals surface area contributed by atoms with Crippen LogP contribution in [0.15, 0.2) is 35.3 Å². The Morgan fingerprint density at radius 3 is 2.59 bits per heavy atom. The molecule has 0 saturated carbocycles. The van der Waals surface area contributed by atoms with Crippen molar-refractivity contribution in [3.05, 3.63) is 35.9 Å². The Morgan fingerprint density at radius 2 is 1.97 bits per heavy atom. The molecule has 29 heavy (non-hydrogen) atoms. The summed E-state index contributed by atoms with van der Waals surface area (Å²) in [5.41, 5.74) is 1.24. The maximum Gasteiger partial charge on any atom is 0.242 e. The van der Waals surface area contributed by atoms with Crippen molar-refractivity contribution in [2.45, 2.75) is 53.2 Å². The van der Waals surface area contributed by atoms with Gasteiger partial charge in [-0.15, -0.1) is 0 Å². The molecule has 1 aliphatic rings. The lowest BCUT2D eigenvalue weighted by atomic mass is 9.78. The number of likely N-dealkylation sites (N-methyl/N-ethyl adjacent to an activating group) is 1. The number of carbonyl (C=O) groups excluding carboxylic acids is 1. The molecule has 2 N–H and O–H groups in total. The van der Waals surface area contributed by atoms with E-state index in [0.29, 0.717) is 25.0 Å². The third-order valence-electron chi connectivity index (χ3n) is 5.41. The Balaban J connectivity index is 1.83. The summed E-state index contributed by atoms with van der Waals surface area (Å²) in [5, 5.41) is 6.56. The fourth-order valence-corrected chi connectivity index (χ4v) is 3.91. The van der Waals surface area contributed by atoms with E-state index in [2.05, 4.69) is 36.4 Å². The maximum atomic E-state index is 12.6. The quantitative estimate of drug-likeness (QED) is 0.543. The molecule has 0 aromatic heterocycles. The van der Waals surface area contributed by atoms with Gasteiger partial charge in [0.25, 0.3) is 0 Å². The van der Waals surface area contributed by atoms with Crippen LogP contribution in [0.3, 0.4) is 0 Å². The van der Waals surface area contributed by atoms with Gasteiger partial charge in [-0.1, -0.05) is 51.1 Å². The predicted octanol–water partition coefficient (Wildman–Crippen LogP) is 3.04. The van der Waals surface area contributed by atoms with Crippen LogP contribution in [0, 0.1) is 11.3 Å². The van der Waals surface area contributed by atoms with Gasteiger partial charge in [-0.05, 0) is 30.7 Å². The summed E-state index contributed by atoms with van der Waals surface area (Å²) in [6.45, 7) is 11.8. The summed E-state index contributed by atoms with van der Waals surface area (Å²) in [4.78, 5) is 18.8. The SMILES string of the molecule is CCN(Cc1ccccc1)C(=O)CNC(=NC)NCC1CCCOC1C(C)(C)C. The molecule has 2 unspecified atom stereocenters. The molecule has 162 valence electrons. The summed E-state index contributed by atoms with van der Waals surface area (Å²) in [6, 6.07) is 10.1. The van der Waals surface area contributed by atoms with Crippen LogP contribution in [0.5, 0.6) is 0 Å². The summed E-state index contributed by atoms with van der Waals surface area (Å²) in [6.07, 6.45) is 2.46. The number of nitrogens with zero attached hydrogens (tertiary/aromatic N) is 2. The van der Waals surface area contributed by atoms with E-state index in [1.54, 1.807) is 7.05 Å². The van der Waals surface area contributed by atoms with Gasteiger partial charge in [-0.25, -0.2) is 0 Å². The van der Waals surface area contributed by atoms with Gasteiger partial charge in [-0.2, -0.15) is 0 Å². The Bertz CT molecular complexity index is 655. The minimum absolute atomic E-state index is 0.0628. The number of carbonyl (C=O) groups is 1. The van der Waals surface area contributed by atoms with Gasteiger partial charge in [0.2, 0.25) is 5.91 Å². The van der Waals surface area contributed by atoms with Crippen LogP contribution in [0.25, 0.3) is 0 Å². The van der Waals surface area contributed by atoms with Crippen molar-refractivity contribution in [3.63, 3.8) is 0 Å². The Hall–Kier alpha value is -2.08. The van der Waals surface area contributed by atoms with Crippen LogP contribution in [-0.4, -0.2) is 56.2 Å². The zero-order valence-electron chi connectivity index (χ0n) is 18.7. The molecule has 0 radical (unpaired) electrons. The van der Waals surface area contributed by atoms with Gasteiger partial charge in [0.05, 0.1) is 12.6 Å². The van der Waals surface area contributed by atoms with Crippen molar-refractivity contribution < 1.29 is 9.53 Å². The molecule has 1 aliphatic heterocycles. The van der Waals surface area contributed by atoms with Crippen LogP contribution >= 0.6 is 0 Å². The number of guanidine groups is 1. The fraction of sp³-hybridized carbons (Fsp3) is 0.652. The Kier molecular flexibility index (Phi) is 8.96. The minimum Gasteiger partial charge on any atom is -0.377 e. The van der Waals surface area contributed by atoms with E-state index < -0.39 is 0 Å². The first-order valence-electron chi connectivity index (χ1n) is 10.7. The second-order valence-corrected chi connectivity index (χ2v) is 8.76. The van der Waals surface area contributed by atoms with Gasteiger partial charge in [0.1, 0.15) is 0 Å². The molecule has 1 aromatic carbocycles. The van der Waals surface area contributed by atoms with E-state index in [-0.39, 0.29) is 24.0 Å². The standard InChI is InChI=1S/C23H38N4O2/c1-6-27(17-18-11-8-7-9-12-18)20(28)16-26-22(24-5)25-15-19-13-10-14-29-21(19)23(2,3)4/h7-9,11-12,19,21H,6,10,13-17H2,1-5H3,(H2,24,25,26). The van der Waals surface area contributed by atoms with E-state index in [9.17, 15) is 4.79 Å². The van der Waals surface area contributed by atoms with Crippen molar-refractivity contribution in [2.75, 3.05) is 33.3 Å². The van der Waals surface area contributed by atoms with Crippen molar-refractivity contribution in [2.24, 2.45) is 16.3 Å². The summed E-state index contributed by atoms with van der Waals surface area (Å²) in [5.74, 6) is 1.16.